The van der Waals surface area contributed by atoms with Crippen LogP contribution < -0.4 is 5.30 Å². The summed E-state index contributed by atoms with van der Waals surface area (Å²) in [5.41, 5.74) is 1.77. The molecule has 0 saturated carbocycles. The molecule has 0 spiro atoms. The van der Waals surface area contributed by atoms with E-state index in [0.717, 1.165) is 22.3 Å². The van der Waals surface area contributed by atoms with Crippen molar-refractivity contribution >= 4 is 25.6 Å². The van der Waals surface area contributed by atoms with E-state index in [1.807, 2.05) is 18.2 Å². The number of benzene rings is 1. The molecule has 0 saturated heterocycles. The van der Waals surface area contributed by atoms with Gasteiger partial charge >= 0.3 is 0 Å². The lowest BCUT2D eigenvalue weighted by Crippen LogP contribution is -2.10. The summed E-state index contributed by atoms with van der Waals surface area (Å²) in [7, 11) is 2.65. The van der Waals surface area contributed by atoms with Crippen LogP contribution in [-0.4, -0.2) is 4.98 Å². The first-order chi connectivity index (χ1) is 6.47. The van der Waals surface area contributed by atoms with Crippen LogP contribution in [0.15, 0.2) is 22.6 Å². The molecule has 1 aromatic carbocycles. The molecule has 2 rings (SSSR count). The van der Waals surface area contributed by atoms with E-state index in [0.29, 0.717) is 0 Å². The quantitative estimate of drug-likeness (QED) is 0.620. The van der Waals surface area contributed by atoms with Gasteiger partial charge < -0.3 is 4.42 Å². The van der Waals surface area contributed by atoms with Gasteiger partial charge in [0.05, 0.1) is 0 Å². The van der Waals surface area contributed by atoms with Gasteiger partial charge in [-0.05, 0) is 17.4 Å². The Morgan fingerprint density at radius 1 is 1.29 bits per heavy atom. The van der Waals surface area contributed by atoms with Crippen LogP contribution in [0, 0.1) is 0 Å². The second-order valence-electron chi connectivity index (χ2n) is 4.50. The zero-order valence-electron chi connectivity index (χ0n) is 8.66. The molecule has 1 atom stereocenters. The van der Waals surface area contributed by atoms with Crippen LogP contribution in [0.2, 0.25) is 0 Å². The van der Waals surface area contributed by atoms with E-state index < -0.39 is 0 Å². The number of aromatic nitrogens is 1. The third-order valence-electron chi connectivity index (χ3n) is 2.05. The van der Waals surface area contributed by atoms with Crippen LogP contribution in [0.1, 0.15) is 26.7 Å². The smallest absolute Gasteiger partial charge is 0.200 e. The average molecular weight is 207 g/mol. The Hall–Kier alpha value is -0.880. The molecule has 3 heteroatoms. The Morgan fingerprint density at radius 2 is 2.00 bits per heavy atom. The molecule has 0 aliphatic carbocycles. The minimum Gasteiger partial charge on any atom is -0.440 e. The number of nitrogens with zero attached hydrogens (tertiary/aromatic N) is 1. The molecular formula is C11H14NOP. The Labute approximate surface area is 85.9 Å². The maximum atomic E-state index is 5.69. The zero-order valence-corrected chi connectivity index (χ0v) is 9.82. The second kappa shape index (κ2) is 3.06. The minimum absolute atomic E-state index is 0.0277. The summed E-state index contributed by atoms with van der Waals surface area (Å²) >= 11 is 0. The molecule has 2 aromatic rings. The van der Waals surface area contributed by atoms with Crippen LogP contribution in [0.3, 0.4) is 0 Å². The van der Waals surface area contributed by atoms with Crippen molar-refractivity contribution in [3.63, 3.8) is 0 Å². The van der Waals surface area contributed by atoms with Gasteiger partial charge in [0.1, 0.15) is 5.52 Å². The Bertz CT molecular complexity index is 468. The second-order valence-corrected chi connectivity index (χ2v) is 5.16. The van der Waals surface area contributed by atoms with Crippen molar-refractivity contribution in [2.24, 2.45) is 0 Å². The first kappa shape index (κ1) is 9.67. The van der Waals surface area contributed by atoms with E-state index >= 15 is 0 Å². The lowest BCUT2D eigenvalue weighted by atomic mass is 9.97. The van der Waals surface area contributed by atoms with Gasteiger partial charge in [-0.25, -0.2) is 4.98 Å². The number of hydrogen-bond acceptors (Lipinski definition) is 2. The average Bonchev–Trinajstić information content (AvgIpc) is 2.45. The van der Waals surface area contributed by atoms with Crippen LogP contribution in [-0.2, 0) is 5.41 Å². The molecule has 0 aliphatic rings. The largest absolute Gasteiger partial charge is 0.440 e. The number of rotatable bonds is 0. The summed E-state index contributed by atoms with van der Waals surface area (Å²) in [6.07, 6.45) is 0. The zero-order chi connectivity index (χ0) is 10.3. The molecule has 0 aliphatic heterocycles. The summed E-state index contributed by atoms with van der Waals surface area (Å²) in [4.78, 5) is 4.45. The van der Waals surface area contributed by atoms with Crippen molar-refractivity contribution in [2.75, 3.05) is 0 Å². The topological polar surface area (TPSA) is 26.0 Å². The van der Waals surface area contributed by atoms with E-state index in [1.54, 1.807) is 0 Å². The maximum absolute atomic E-state index is 5.69. The van der Waals surface area contributed by atoms with Gasteiger partial charge in [0.25, 0.3) is 0 Å². The van der Waals surface area contributed by atoms with Crippen LogP contribution in [0.4, 0.5) is 0 Å². The Kier molecular flexibility index (Phi) is 2.11. The molecule has 0 radical (unpaired) electrons. The van der Waals surface area contributed by atoms with Crippen molar-refractivity contribution < 1.29 is 4.42 Å². The lowest BCUT2D eigenvalue weighted by molar-refractivity contribution is 0.411. The third kappa shape index (κ3) is 1.67. The first-order valence-electron chi connectivity index (χ1n) is 4.63. The van der Waals surface area contributed by atoms with Gasteiger partial charge in [-0.15, -0.1) is 9.24 Å². The molecule has 2 nitrogen and oxygen atoms in total. The summed E-state index contributed by atoms with van der Waals surface area (Å²) < 4.78 is 5.69. The molecule has 1 aromatic heterocycles. The summed E-state index contributed by atoms with van der Waals surface area (Å²) in [5.74, 6) is 0.795. The fourth-order valence-corrected chi connectivity index (χ4v) is 1.51. The molecule has 0 bridgehead atoms. The monoisotopic (exact) mass is 207 g/mol. The molecule has 0 amide bonds. The fraction of sp³-hybridized carbons (Fsp3) is 0.364. The highest BCUT2D eigenvalue weighted by Gasteiger charge is 2.20. The van der Waals surface area contributed by atoms with Gasteiger partial charge in [-0.1, -0.05) is 26.8 Å². The molecule has 14 heavy (non-hydrogen) atoms. The van der Waals surface area contributed by atoms with Crippen molar-refractivity contribution in [1.29, 1.82) is 0 Å². The highest BCUT2D eigenvalue weighted by atomic mass is 31.0. The Balaban J connectivity index is 2.63. The van der Waals surface area contributed by atoms with Crippen LogP contribution in [0.25, 0.3) is 11.1 Å². The number of hydrogen-bond donors (Lipinski definition) is 0. The molecule has 1 unspecified atom stereocenters. The first-order valence-corrected chi connectivity index (χ1v) is 5.21. The van der Waals surface area contributed by atoms with Crippen molar-refractivity contribution in [2.45, 2.75) is 26.2 Å². The van der Waals surface area contributed by atoms with E-state index in [4.69, 9.17) is 4.42 Å². The van der Waals surface area contributed by atoms with E-state index in [2.05, 4.69) is 35.0 Å². The highest BCUT2D eigenvalue weighted by molar-refractivity contribution is 7.27. The van der Waals surface area contributed by atoms with Crippen molar-refractivity contribution in [3.05, 3.63) is 24.1 Å². The standard InChI is InChI=1S/C11H14NOP/c1-11(2,3)10-12-8-5-4-7(14)6-9(8)13-10/h4-6H,14H2,1-3H3. The van der Waals surface area contributed by atoms with Crippen LogP contribution in [0.5, 0.6) is 0 Å². The molecular weight excluding hydrogens is 193 g/mol. The number of fused-ring (bicyclic) bond motifs is 1. The highest BCUT2D eigenvalue weighted by Crippen LogP contribution is 2.25. The van der Waals surface area contributed by atoms with E-state index in [9.17, 15) is 0 Å². The maximum Gasteiger partial charge on any atom is 0.200 e. The van der Waals surface area contributed by atoms with Gasteiger partial charge in [-0.2, -0.15) is 0 Å². The van der Waals surface area contributed by atoms with Gasteiger partial charge in [-0.3, -0.25) is 0 Å². The minimum atomic E-state index is -0.0277. The third-order valence-corrected chi connectivity index (χ3v) is 2.41. The van der Waals surface area contributed by atoms with Gasteiger partial charge in [0.2, 0.25) is 5.89 Å². The Morgan fingerprint density at radius 3 is 2.64 bits per heavy atom. The number of oxazole rings is 1. The van der Waals surface area contributed by atoms with E-state index in [-0.39, 0.29) is 5.41 Å². The molecule has 0 N–H and O–H groups in total. The lowest BCUT2D eigenvalue weighted by Gasteiger charge is -2.11. The summed E-state index contributed by atoms with van der Waals surface area (Å²) in [6.45, 7) is 6.29. The van der Waals surface area contributed by atoms with Crippen molar-refractivity contribution in [3.8, 4) is 0 Å². The summed E-state index contributed by atoms with van der Waals surface area (Å²) in [5, 5.41) is 1.12. The van der Waals surface area contributed by atoms with E-state index in [1.165, 1.54) is 0 Å². The molecule has 74 valence electrons. The molecule has 1 heterocycles. The predicted octanol–water partition coefficient (Wildman–Crippen LogP) is 2.63. The normalized spacial score (nSPS) is 12.3. The van der Waals surface area contributed by atoms with Crippen molar-refractivity contribution in [1.82, 2.24) is 4.98 Å². The summed E-state index contributed by atoms with van der Waals surface area (Å²) in [6, 6.07) is 5.99. The van der Waals surface area contributed by atoms with Gasteiger partial charge in [0.15, 0.2) is 5.58 Å². The predicted molar refractivity (Wildman–Crippen MR) is 62.1 cm³/mol. The van der Waals surface area contributed by atoms with Gasteiger partial charge in [0, 0.05) is 5.41 Å². The molecule has 0 fully saturated rings. The van der Waals surface area contributed by atoms with Crippen LogP contribution >= 0.6 is 9.24 Å². The fourth-order valence-electron chi connectivity index (χ4n) is 1.26. The SMILES string of the molecule is CC(C)(C)c1nc2ccc(P)cc2o1.